The molecule has 0 unspecified atom stereocenters. The molecule has 1 amide bonds. The van der Waals surface area contributed by atoms with E-state index in [2.05, 4.69) is 15.5 Å². The maximum atomic E-state index is 12.8. The van der Waals surface area contributed by atoms with Crippen molar-refractivity contribution in [2.75, 3.05) is 6.61 Å². The van der Waals surface area contributed by atoms with Crippen LogP contribution in [0.3, 0.4) is 0 Å². The Bertz CT molecular complexity index is 736. The molecule has 1 aliphatic rings. The lowest BCUT2D eigenvalue weighted by molar-refractivity contribution is 0.0931. The van der Waals surface area contributed by atoms with Gasteiger partial charge in [0, 0.05) is 11.6 Å². The molecule has 0 saturated heterocycles. The molecule has 3 rings (SSSR count). The highest BCUT2D eigenvalue weighted by Gasteiger charge is 2.20. The van der Waals surface area contributed by atoms with Gasteiger partial charge in [0.25, 0.3) is 5.91 Å². The summed E-state index contributed by atoms with van der Waals surface area (Å²) < 4.78 is 5.47. The van der Waals surface area contributed by atoms with E-state index in [9.17, 15) is 4.79 Å². The Morgan fingerprint density at radius 1 is 1.27 bits per heavy atom. The number of rotatable bonds is 5. The van der Waals surface area contributed by atoms with Crippen molar-refractivity contribution in [3.05, 3.63) is 35.0 Å². The molecule has 1 aromatic carbocycles. The van der Waals surface area contributed by atoms with Gasteiger partial charge in [0.1, 0.15) is 5.75 Å². The van der Waals surface area contributed by atoms with E-state index in [1.54, 1.807) is 12.3 Å². The Hall–Kier alpha value is -2.01. The normalized spacial score (nSPS) is 15.9. The summed E-state index contributed by atoms with van der Waals surface area (Å²) in [6.07, 6.45) is 9.86. The zero-order chi connectivity index (χ0) is 18.4. The van der Waals surface area contributed by atoms with Crippen molar-refractivity contribution in [3.63, 3.8) is 0 Å². The van der Waals surface area contributed by atoms with Crippen LogP contribution in [0.5, 0.6) is 5.75 Å². The van der Waals surface area contributed by atoms with Crippen LogP contribution in [0.1, 0.15) is 62.2 Å². The molecule has 26 heavy (non-hydrogen) atoms. The molecule has 140 valence electrons. The number of benzene rings is 1. The van der Waals surface area contributed by atoms with Gasteiger partial charge in [-0.15, -0.1) is 0 Å². The van der Waals surface area contributed by atoms with Crippen molar-refractivity contribution < 1.29 is 9.53 Å². The zero-order valence-corrected chi connectivity index (χ0v) is 15.9. The number of nitrogens with zero attached hydrogens (tertiary/aromatic N) is 1. The van der Waals surface area contributed by atoms with Gasteiger partial charge in [0.05, 0.1) is 29.1 Å². The van der Waals surface area contributed by atoms with Crippen molar-refractivity contribution in [1.29, 1.82) is 0 Å². The molecule has 1 fully saturated rings. The quantitative estimate of drug-likeness (QED) is 0.775. The number of H-pyrrole nitrogens is 1. The second-order valence-electron chi connectivity index (χ2n) is 6.75. The first kappa shape index (κ1) is 18.8. The molecule has 0 aliphatic heterocycles. The fraction of sp³-hybridized carbons (Fsp3) is 0.500. The van der Waals surface area contributed by atoms with Crippen LogP contribution >= 0.6 is 11.6 Å². The van der Waals surface area contributed by atoms with Crippen molar-refractivity contribution in [2.45, 2.75) is 57.9 Å². The largest absolute Gasteiger partial charge is 0.492 e. The van der Waals surface area contributed by atoms with Crippen molar-refractivity contribution in [3.8, 4) is 17.0 Å². The number of hydrogen-bond donors (Lipinski definition) is 2. The molecule has 0 bridgehead atoms. The number of aromatic nitrogens is 2. The predicted octanol–water partition coefficient (Wildman–Crippen LogP) is 4.97. The van der Waals surface area contributed by atoms with Crippen LogP contribution in [0, 0.1) is 0 Å². The average Bonchev–Trinajstić information content (AvgIpc) is 3.09. The first-order chi connectivity index (χ1) is 12.7. The number of halogens is 1. The molecule has 2 aromatic rings. The van der Waals surface area contributed by atoms with Crippen LogP contribution in [0.15, 0.2) is 24.4 Å². The molecule has 1 aliphatic carbocycles. The number of aromatic amines is 1. The number of nitrogens with one attached hydrogen (secondary N) is 2. The third kappa shape index (κ3) is 4.58. The maximum Gasteiger partial charge on any atom is 0.255 e. The Labute approximate surface area is 159 Å². The lowest BCUT2D eigenvalue weighted by Crippen LogP contribution is -2.35. The van der Waals surface area contributed by atoms with Gasteiger partial charge in [-0.2, -0.15) is 5.10 Å². The molecule has 1 heterocycles. The van der Waals surface area contributed by atoms with Gasteiger partial charge in [0.2, 0.25) is 0 Å². The zero-order valence-electron chi connectivity index (χ0n) is 15.2. The summed E-state index contributed by atoms with van der Waals surface area (Å²) in [5.41, 5.74) is 2.05. The van der Waals surface area contributed by atoms with Crippen LogP contribution in [0.25, 0.3) is 11.3 Å². The summed E-state index contributed by atoms with van der Waals surface area (Å²) in [4.78, 5) is 12.8. The van der Waals surface area contributed by atoms with Crippen LogP contribution in [-0.4, -0.2) is 28.8 Å². The standard InChI is InChI=1S/C20H26ClN3O2/c1-2-26-18-11-10-14(12-17(18)21)19-16(13-22-24-19)20(25)23-15-8-6-4-3-5-7-9-15/h10-13,15H,2-9H2,1H3,(H,22,24)(H,23,25). The van der Waals surface area contributed by atoms with Crippen LogP contribution < -0.4 is 10.1 Å². The van der Waals surface area contributed by atoms with Gasteiger partial charge < -0.3 is 10.1 Å². The van der Waals surface area contributed by atoms with E-state index < -0.39 is 0 Å². The summed E-state index contributed by atoms with van der Waals surface area (Å²) >= 11 is 6.29. The monoisotopic (exact) mass is 375 g/mol. The lowest BCUT2D eigenvalue weighted by Gasteiger charge is -2.21. The van der Waals surface area contributed by atoms with Crippen molar-refractivity contribution in [2.24, 2.45) is 0 Å². The SMILES string of the molecule is CCOc1ccc(-c2[nH]ncc2C(=O)NC2CCCCCCC2)cc1Cl. The van der Waals surface area contributed by atoms with E-state index in [1.165, 1.54) is 32.1 Å². The fourth-order valence-corrected chi connectivity index (χ4v) is 3.71. The summed E-state index contributed by atoms with van der Waals surface area (Å²) in [5.74, 6) is 0.558. The Morgan fingerprint density at radius 2 is 2.00 bits per heavy atom. The van der Waals surface area contributed by atoms with E-state index in [0.717, 1.165) is 18.4 Å². The minimum atomic E-state index is -0.0793. The average molecular weight is 376 g/mol. The molecule has 5 nitrogen and oxygen atoms in total. The van der Waals surface area contributed by atoms with E-state index >= 15 is 0 Å². The number of amides is 1. The Morgan fingerprint density at radius 3 is 2.69 bits per heavy atom. The van der Waals surface area contributed by atoms with E-state index in [-0.39, 0.29) is 11.9 Å². The van der Waals surface area contributed by atoms with Gasteiger partial charge in [-0.05, 0) is 38.0 Å². The number of ether oxygens (including phenoxy) is 1. The molecule has 0 radical (unpaired) electrons. The highest BCUT2D eigenvalue weighted by atomic mass is 35.5. The minimum absolute atomic E-state index is 0.0793. The first-order valence-corrected chi connectivity index (χ1v) is 9.83. The summed E-state index contributed by atoms with van der Waals surface area (Å²) in [7, 11) is 0. The molecular formula is C20H26ClN3O2. The van der Waals surface area contributed by atoms with Gasteiger partial charge in [-0.3, -0.25) is 9.89 Å². The van der Waals surface area contributed by atoms with Gasteiger partial charge in [0.15, 0.2) is 0 Å². The smallest absolute Gasteiger partial charge is 0.255 e. The highest BCUT2D eigenvalue weighted by Crippen LogP contribution is 2.31. The van der Waals surface area contributed by atoms with Crippen LogP contribution in [-0.2, 0) is 0 Å². The molecule has 2 N–H and O–H groups in total. The van der Waals surface area contributed by atoms with E-state index in [0.29, 0.717) is 28.6 Å². The van der Waals surface area contributed by atoms with Crippen LogP contribution in [0.2, 0.25) is 5.02 Å². The molecule has 1 aromatic heterocycles. The molecule has 1 saturated carbocycles. The maximum absolute atomic E-state index is 12.8. The Balaban J connectivity index is 1.75. The predicted molar refractivity (Wildman–Crippen MR) is 104 cm³/mol. The van der Waals surface area contributed by atoms with Crippen molar-refractivity contribution >= 4 is 17.5 Å². The molecular weight excluding hydrogens is 350 g/mol. The van der Waals surface area contributed by atoms with Gasteiger partial charge in [-0.25, -0.2) is 0 Å². The second kappa shape index (κ2) is 9.08. The fourth-order valence-electron chi connectivity index (χ4n) is 3.47. The number of carbonyl (C=O) groups excluding carboxylic acids is 1. The van der Waals surface area contributed by atoms with E-state index in [4.69, 9.17) is 16.3 Å². The minimum Gasteiger partial charge on any atom is -0.492 e. The van der Waals surface area contributed by atoms with Crippen LogP contribution in [0.4, 0.5) is 0 Å². The van der Waals surface area contributed by atoms with E-state index in [1.807, 2.05) is 19.1 Å². The topological polar surface area (TPSA) is 67.0 Å². The molecule has 0 atom stereocenters. The first-order valence-electron chi connectivity index (χ1n) is 9.46. The Kier molecular flexibility index (Phi) is 6.56. The van der Waals surface area contributed by atoms with Gasteiger partial charge in [-0.1, -0.05) is 43.7 Å². The van der Waals surface area contributed by atoms with Gasteiger partial charge >= 0.3 is 0 Å². The third-order valence-electron chi connectivity index (χ3n) is 4.84. The second-order valence-corrected chi connectivity index (χ2v) is 7.16. The molecule has 6 heteroatoms. The third-order valence-corrected chi connectivity index (χ3v) is 5.14. The van der Waals surface area contributed by atoms with Crippen molar-refractivity contribution in [1.82, 2.24) is 15.5 Å². The summed E-state index contributed by atoms with van der Waals surface area (Å²) in [6.45, 7) is 2.47. The molecule has 0 spiro atoms. The highest BCUT2D eigenvalue weighted by molar-refractivity contribution is 6.32. The number of hydrogen-bond acceptors (Lipinski definition) is 3. The number of carbonyl (C=O) groups is 1. The summed E-state index contributed by atoms with van der Waals surface area (Å²) in [6, 6.07) is 5.75. The lowest BCUT2D eigenvalue weighted by atomic mass is 9.96. The summed E-state index contributed by atoms with van der Waals surface area (Å²) in [5, 5.41) is 10.7.